The first kappa shape index (κ1) is 13.2. The summed E-state index contributed by atoms with van der Waals surface area (Å²) in [5.41, 5.74) is -1.51. The third kappa shape index (κ3) is 2.82. The van der Waals surface area contributed by atoms with Gasteiger partial charge in [-0.1, -0.05) is 11.6 Å². The summed E-state index contributed by atoms with van der Waals surface area (Å²) in [7, 11) is 0. The Kier molecular flexibility index (Phi) is 3.53. The number of anilines is 1. The van der Waals surface area contributed by atoms with E-state index in [1.807, 2.05) is 0 Å². The average molecular weight is 268 g/mol. The third-order valence-corrected chi connectivity index (χ3v) is 1.86. The Labute approximate surface area is 96.8 Å². The molecule has 1 N–H and O–H groups in total. The molecule has 0 aromatic carbocycles. The Bertz CT molecular complexity index is 509. The van der Waals surface area contributed by atoms with Crippen LogP contribution >= 0.6 is 11.6 Å². The summed E-state index contributed by atoms with van der Waals surface area (Å²) in [6.45, 7) is 0. The van der Waals surface area contributed by atoms with E-state index < -0.39 is 34.3 Å². The second-order valence-electron chi connectivity index (χ2n) is 2.72. The molecule has 0 unspecified atom stereocenters. The molecule has 0 aliphatic heterocycles. The van der Waals surface area contributed by atoms with Crippen LogP contribution in [0.3, 0.4) is 0 Å². The zero-order valence-electron chi connectivity index (χ0n) is 7.77. The number of carbonyl (C=O) groups is 1. The van der Waals surface area contributed by atoms with Crippen molar-refractivity contribution in [2.75, 3.05) is 5.32 Å². The number of amides is 1. The van der Waals surface area contributed by atoms with Gasteiger partial charge in [0, 0.05) is 6.20 Å². The van der Waals surface area contributed by atoms with Crippen LogP contribution < -0.4 is 5.32 Å². The van der Waals surface area contributed by atoms with E-state index in [1.54, 1.807) is 0 Å². The summed E-state index contributed by atoms with van der Waals surface area (Å²) < 4.78 is 49.1. The second kappa shape index (κ2) is 4.55. The standard InChI is InChI=1S/C8H2ClF4N3O/c9-6-4(10)5(3(1-14)2-15-6)16-7(17)8(11,12)13/h2H,(H,15,16,17). The van der Waals surface area contributed by atoms with Gasteiger partial charge in [-0.2, -0.15) is 18.4 Å². The maximum atomic E-state index is 13.3. The van der Waals surface area contributed by atoms with Crippen LogP contribution in [0.4, 0.5) is 23.2 Å². The van der Waals surface area contributed by atoms with Crippen LogP contribution in [0.15, 0.2) is 6.20 Å². The fourth-order valence-corrected chi connectivity index (χ4v) is 0.998. The van der Waals surface area contributed by atoms with Gasteiger partial charge in [-0.05, 0) is 0 Å². The maximum absolute atomic E-state index is 13.3. The van der Waals surface area contributed by atoms with E-state index in [-0.39, 0.29) is 0 Å². The number of halogens is 5. The molecule has 17 heavy (non-hydrogen) atoms. The van der Waals surface area contributed by atoms with Crippen molar-refractivity contribution in [2.24, 2.45) is 0 Å². The summed E-state index contributed by atoms with van der Waals surface area (Å²) in [5.74, 6) is -3.81. The first-order valence-electron chi connectivity index (χ1n) is 3.89. The Morgan fingerprint density at radius 3 is 2.59 bits per heavy atom. The van der Waals surface area contributed by atoms with Gasteiger partial charge in [0.2, 0.25) is 0 Å². The van der Waals surface area contributed by atoms with Gasteiger partial charge in [-0.3, -0.25) is 4.79 Å². The van der Waals surface area contributed by atoms with Crippen molar-refractivity contribution in [3.63, 3.8) is 0 Å². The van der Waals surface area contributed by atoms with Crippen molar-refractivity contribution in [1.82, 2.24) is 4.98 Å². The molecular formula is C8H2ClF4N3O. The molecule has 1 heterocycles. The third-order valence-electron chi connectivity index (χ3n) is 1.59. The molecule has 1 aromatic heterocycles. The van der Waals surface area contributed by atoms with Gasteiger partial charge < -0.3 is 5.32 Å². The topological polar surface area (TPSA) is 65.8 Å². The highest BCUT2D eigenvalue weighted by Crippen LogP contribution is 2.26. The van der Waals surface area contributed by atoms with Crippen LogP contribution in [0.1, 0.15) is 5.56 Å². The molecule has 1 aromatic rings. The molecule has 0 fully saturated rings. The van der Waals surface area contributed by atoms with Crippen molar-refractivity contribution in [1.29, 1.82) is 5.26 Å². The minimum atomic E-state index is -5.20. The van der Waals surface area contributed by atoms with Gasteiger partial charge in [0.05, 0.1) is 5.56 Å². The normalized spacial score (nSPS) is 10.8. The van der Waals surface area contributed by atoms with E-state index in [0.29, 0.717) is 0 Å². The van der Waals surface area contributed by atoms with Crippen molar-refractivity contribution in [2.45, 2.75) is 6.18 Å². The Morgan fingerprint density at radius 1 is 1.53 bits per heavy atom. The number of nitrogens with zero attached hydrogens (tertiary/aromatic N) is 2. The van der Waals surface area contributed by atoms with E-state index in [9.17, 15) is 22.4 Å². The van der Waals surface area contributed by atoms with Crippen LogP contribution in [0.5, 0.6) is 0 Å². The van der Waals surface area contributed by atoms with Gasteiger partial charge in [0.1, 0.15) is 11.8 Å². The predicted molar refractivity (Wildman–Crippen MR) is 48.6 cm³/mol. The number of alkyl halides is 3. The molecule has 0 radical (unpaired) electrons. The molecule has 4 nitrogen and oxygen atoms in total. The quantitative estimate of drug-likeness (QED) is 0.627. The molecule has 0 aliphatic carbocycles. The molecule has 0 bridgehead atoms. The van der Waals surface area contributed by atoms with Crippen molar-refractivity contribution in [3.8, 4) is 6.07 Å². The fraction of sp³-hybridized carbons (Fsp3) is 0.125. The number of hydrogen-bond donors (Lipinski definition) is 1. The molecule has 0 atom stereocenters. The van der Waals surface area contributed by atoms with Crippen LogP contribution in [-0.2, 0) is 4.79 Å². The van der Waals surface area contributed by atoms with Gasteiger partial charge in [-0.25, -0.2) is 9.37 Å². The summed E-state index contributed by atoms with van der Waals surface area (Å²) >= 11 is 5.21. The summed E-state index contributed by atoms with van der Waals surface area (Å²) in [5, 5.41) is 8.99. The first-order valence-corrected chi connectivity index (χ1v) is 4.27. The second-order valence-corrected chi connectivity index (χ2v) is 3.07. The average Bonchev–Trinajstić information content (AvgIpc) is 2.23. The van der Waals surface area contributed by atoms with Gasteiger partial charge >= 0.3 is 12.1 Å². The van der Waals surface area contributed by atoms with E-state index in [2.05, 4.69) is 4.98 Å². The van der Waals surface area contributed by atoms with E-state index in [4.69, 9.17) is 16.9 Å². The number of pyridine rings is 1. The molecule has 0 spiro atoms. The Balaban J connectivity index is 3.19. The number of carbonyl (C=O) groups excluding carboxylic acids is 1. The lowest BCUT2D eigenvalue weighted by molar-refractivity contribution is -0.167. The summed E-state index contributed by atoms with van der Waals surface area (Å²) in [6.07, 6.45) is -4.45. The zero-order chi connectivity index (χ0) is 13.2. The number of nitriles is 1. The molecular weight excluding hydrogens is 266 g/mol. The highest BCUT2D eigenvalue weighted by Gasteiger charge is 2.39. The Hall–Kier alpha value is -1.88. The van der Waals surface area contributed by atoms with E-state index >= 15 is 0 Å². The summed E-state index contributed by atoms with van der Waals surface area (Å²) in [4.78, 5) is 13.8. The number of rotatable bonds is 1. The fourth-order valence-electron chi connectivity index (χ4n) is 0.855. The lowest BCUT2D eigenvalue weighted by atomic mass is 10.2. The zero-order valence-corrected chi connectivity index (χ0v) is 8.53. The lowest BCUT2D eigenvalue weighted by Crippen LogP contribution is -2.30. The molecule has 0 aliphatic rings. The van der Waals surface area contributed by atoms with Gasteiger partial charge in [0.15, 0.2) is 11.0 Å². The number of aromatic nitrogens is 1. The van der Waals surface area contributed by atoms with Gasteiger partial charge in [-0.15, -0.1) is 0 Å². The summed E-state index contributed by atoms with van der Waals surface area (Å²) in [6, 6.07) is 1.38. The predicted octanol–water partition coefficient (Wildman–Crippen LogP) is 2.25. The molecule has 90 valence electrons. The molecule has 0 saturated heterocycles. The molecule has 1 rings (SSSR count). The largest absolute Gasteiger partial charge is 0.471 e. The highest BCUT2D eigenvalue weighted by molar-refractivity contribution is 6.30. The number of nitrogens with one attached hydrogen (secondary N) is 1. The van der Waals surface area contributed by atoms with Crippen LogP contribution in [0, 0.1) is 17.1 Å². The number of hydrogen-bond acceptors (Lipinski definition) is 3. The lowest BCUT2D eigenvalue weighted by Gasteiger charge is -2.10. The van der Waals surface area contributed by atoms with Crippen molar-refractivity contribution < 1.29 is 22.4 Å². The van der Waals surface area contributed by atoms with Gasteiger partial charge in [0.25, 0.3) is 0 Å². The van der Waals surface area contributed by atoms with Crippen molar-refractivity contribution >= 4 is 23.2 Å². The van der Waals surface area contributed by atoms with Crippen molar-refractivity contribution in [3.05, 3.63) is 22.7 Å². The molecule has 9 heteroatoms. The van der Waals surface area contributed by atoms with Crippen LogP contribution in [-0.4, -0.2) is 17.1 Å². The maximum Gasteiger partial charge on any atom is 0.471 e. The van der Waals surface area contributed by atoms with Crippen LogP contribution in [0.2, 0.25) is 5.15 Å². The molecule has 1 amide bonds. The molecule has 0 saturated carbocycles. The minimum absolute atomic E-state index is 0.565. The Morgan fingerprint density at radius 2 is 2.12 bits per heavy atom. The minimum Gasteiger partial charge on any atom is -0.314 e. The monoisotopic (exact) mass is 267 g/mol. The smallest absolute Gasteiger partial charge is 0.314 e. The highest BCUT2D eigenvalue weighted by atomic mass is 35.5. The van der Waals surface area contributed by atoms with E-state index in [0.717, 1.165) is 6.20 Å². The van der Waals surface area contributed by atoms with E-state index in [1.165, 1.54) is 11.4 Å². The van der Waals surface area contributed by atoms with Crippen LogP contribution in [0.25, 0.3) is 0 Å². The first-order chi connectivity index (χ1) is 7.77. The SMILES string of the molecule is N#Cc1cnc(Cl)c(F)c1NC(=O)C(F)(F)F.